The fourth-order valence-electron chi connectivity index (χ4n) is 2.63. The summed E-state index contributed by atoms with van der Waals surface area (Å²) in [7, 11) is 6.22. The molecule has 0 saturated carbocycles. The van der Waals surface area contributed by atoms with E-state index < -0.39 is 0 Å². The molecule has 0 N–H and O–H groups in total. The van der Waals surface area contributed by atoms with E-state index in [1.54, 1.807) is 0 Å². The average Bonchev–Trinajstić information content (AvgIpc) is 2.49. The molecule has 3 rings (SSSR count). The predicted molar refractivity (Wildman–Crippen MR) is 81.8 cm³/mol. The standard InChI is InChI=1S/C17H20N4/c1-19-12-6-4-8-14(19)15-10-11-18-17(21(15)3)16-9-5-7-13-20(16)2/h4-11,13H,12H2,1-3H3/q+2. The second-order valence-electron chi connectivity index (χ2n) is 5.27. The Hall–Kier alpha value is -2.49. The Morgan fingerprint density at radius 2 is 2.00 bits per heavy atom. The molecule has 21 heavy (non-hydrogen) atoms. The van der Waals surface area contributed by atoms with E-state index in [9.17, 15) is 0 Å². The van der Waals surface area contributed by atoms with Gasteiger partial charge in [-0.1, -0.05) is 12.2 Å². The van der Waals surface area contributed by atoms with E-state index in [2.05, 4.69) is 63.5 Å². The second-order valence-corrected chi connectivity index (χ2v) is 5.27. The molecule has 0 aromatic carbocycles. The van der Waals surface area contributed by atoms with Crippen LogP contribution < -0.4 is 9.13 Å². The zero-order valence-corrected chi connectivity index (χ0v) is 12.7. The molecular formula is C17H20N4+2. The smallest absolute Gasteiger partial charge is 0.367 e. The zero-order chi connectivity index (χ0) is 14.8. The van der Waals surface area contributed by atoms with Crippen molar-refractivity contribution >= 4 is 5.70 Å². The number of aryl methyl sites for hydroxylation is 1. The summed E-state index contributed by atoms with van der Waals surface area (Å²) in [5.74, 6) is 0.958. The van der Waals surface area contributed by atoms with Gasteiger partial charge in [-0.15, -0.1) is 0 Å². The summed E-state index contributed by atoms with van der Waals surface area (Å²) in [6.45, 7) is 0.933. The van der Waals surface area contributed by atoms with Crippen LogP contribution in [0.3, 0.4) is 0 Å². The second kappa shape index (κ2) is 5.48. The Labute approximate surface area is 125 Å². The topological polar surface area (TPSA) is 23.9 Å². The monoisotopic (exact) mass is 280 g/mol. The van der Waals surface area contributed by atoms with E-state index in [1.807, 2.05) is 31.6 Å². The van der Waals surface area contributed by atoms with Crippen LogP contribution in [0.1, 0.15) is 5.69 Å². The third-order valence-corrected chi connectivity index (χ3v) is 3.84. The van der Waals surface area contributed by atoms with Crippen molar-refractivity contribution in [3.63, 3.8) is 0 Å². The first-order chi connectivity index (χ1) is 10.2. The first-order valence-electron chi connectivity index (χ1n) is 7.07. The van der Waals surface area contributed by atoms with Crippen LogP contribution in [0.15, 0.2) is 54.9 Å². The Kier molecular flexibility index (Phi) is 3.52. The fourth-order valence-corrected chi connectivity index (χ4v) is 2.63. The van der Waals surface area contributed by atoms with Gasteiger partial charge in [0.05, 0.1) is 12.7 Å². The van der Waals surface area contributed by atoms with Crippen molar-refractivity contribution < 1.29 is 9.13 Å². The molecule has 0 amide bonds. The molecule has 1 aliphatic heterocycles. The van der Waals surface area contributed by atoms with Crippen LogP contribution in [0.4, 0.5) is 0 Å². The minimum atomic E-state index is 0.933. The third kappa shape index (κ3) is 2.44. The van der Waals surface area contributed by atoms with E-state index in [4.69, 9.17) is 0 Å². The molecule has 2 aromatic heterocycles. The number of hydrogen-bond donors (Lipinski definition) is 0. The summed E-state index contributed by atoms with van der Waals surface area (Å²) in [4.78, 5) is 6.81. The highest BCUT2D eigenvalue weighted by Gasteiger charge is 2.25. The number of hydrogen-bond acceptors (Lipinski definition) is 2. The molecule has 0 aliphatic carbocycles. The zero-order valence-electron chi connectivity index (χ0n) is 12.7. The molecule has 1 aliphatic rings. The number of allylic oxidation sites excluding steroid dienone is 2. The molecule has 0 fully saturated rings. The minimum absolute atomic E-state index is 0.933. The van der Waals surface area contributed by atoms with E-state index in [0.717, 1.165) is 23.8 Å². The predicted octanol–water partition coefficient (Wildman–Crippen LogP) is 1.24. The van der Waals surface area contributed by atoms with Gasteiger partial charge >= 0.3 is 5.82 Å². The van der Waals surface area contributed by atoms with Gasteiger partial charge in [-0.05, 0) is 17.1 Å². The molecule has 0 saturated heterocycles. The molecule has 106 valence electrons. The Morgan fingerprint density at radius 3 is 2.76 bits per heavy atom. The molecule has 0 spiro atoms. The lowest BCUT2D eigenvalue weighted by Gasteiger charge is -2.22. The van der Waals surface area contributed by atoms with Crippen molar-refractivity contribution in [1.29, 1.82) is 0 Å². The van der Waals surface area contributed by atoms with E-state index in [1.165, 1.54) is 5.70 Å². The molecule has 0 unspecified atom stereocenters. The maximum atomic E-state index is 4.57. The SMILES string of the molecule is CN1CC=CC=C1c1ccnc(-c2cccc[n+]2C)[n+]1C. The van der Waals surface area contributed by atoms with Crippen LogP contribution in [-0.4, -0.2) is 23.5 Å². The highest BCUT2D eigenvalue weighted by atomic mass is 15.2. The lowest BCUT2D eigenvalue weighted by atomic mass is 10.2. The molecule has 4 nitrogen and oxygen atoms in total. The molecule has 0 radical (unpaired) electrons. The molecule has 0 atom stereocenters. The molecule has 3 heterocycles. The molecule has 2 aromatic rings. The number of pyridine rings is 1. The first kappa shape index (κ1) is 13.5. The van der Waals surface area contributed by atoms with Gasteiger partial charge in [0.15, 0.2) is 11.9 Å². The van der Waals surface area contributed by atoms with E-state index in [-0.39, 0.29) is 0 Å². The Morgan fingerprint density at radius 1 is 1.14 bits per heavy atom. The van der Waals surface area contributed by atoms with Gasteiger partial charge in [-0.3, -0.25) is 0 Å². The van der Waals surface area contributed by atoms with Crippen molar-refractivity contribution in [3.05, 3.63) is 60.6 Å². The fraction of sp³-hybridized carbons (Fsp3) is 0.235. The molecule has 4 heteroatoms. The van der Waals surface area contributed by atoms with E-state index >= 15 is 0 Å². The molecule has 0 bridgehead atoms. The van der Waals surface area contributed by atoms with Gasteiger partial charge in [0.1, 0.15) is 13.2 Å². The van der Waals surface area contributed by atoms with E-state index in [0.29, 0.717) is 0 Å². The summed E-state index contributed by atoms with van der Waals surface area (Å²) in [5.41, 5.74) is 3.47. The lowest BCUT2D eigenvalue weighted by Crippen LogP contribution is -2.43. The summed E-state index contributed by atoms with van der Waals surface area (Å²) in [5, 5.41) is 0. The summed E-state index contributed by atoms with van der Waals surface area (Å²) in [6.07, 6.45) is 10.3. The summed E-state index contributed by atoms with van der Waals surface area (Å²) in [6, 6.07) is 8.22. The maximum Gasteiger partial charge on any atom is 0.395 e. The van der Waals surface area contributed by atoms with Gasteiger partial charge in [0.25, 0.3) is 5.69 Å². The van der Waals surface area contributed by atoms with Crippen molar-refractivity contribution in [1.82, 2.24) is 9.88 Å². The average molecular weight is 280 g/mol. The van der Waals surface area contributed by atoms with Crippen molar-refractivity contribution in [3.8, 4) is 11.5 Å². The largest absolute Gasteiger partial charge is 0.395 e. The van der Waals surface area contributed by atoms with Crippen LogP contribution in [0.5, 0.6) is 0 Å². The lowest BCUT2D eigenvalue weighted by molar-refractivity contribution is -0.693. The maximum absolute atomic E-state index is 4.57. The number of aromatic nitrogens is 3. The van der Waals surface area contributed by atoms with Gasteiger partial charge < -0.3 is 4.90 Å². The first-order valence-corrected chi connectivity index (χ1v) is 7.07. The highest BCUT2D eigenvalue weighted by Crippen LogP contribution is 2.18. The molecular weight excluding hydrogens is 260 g/mol. The third-order valence-electron chi connectivity index (χ3n) is 3.84. The van der Waals surface area contributed by atoms with Gasteiger partial charge in [-0.25, -0.2) is 4.57 Å². The Balaban J connectivity index is 2.14. The van der Waals surface area contributed by atoms with Gasteiger partial charge in [0.2, 0.25) is 0 Å². The van der Waals surface area contributed by atoms with Crippen LogP contribution in [0.25, 0.3) is 17.2 Å². The number of rotatable bonds is 2. The van der Waals surface area contributed by atoms with Crippen LogP contribution in [0.2, 0.25) is 0 Å². The Bertz CT molecular complexity index is 731. The van der Waals surface area contributed by atoms with Crippen LogP contribution in [0, 0.1) is 0 Å². The minimum Gasteiger partial charge on any atom is -0.367 e. The number of likely N-dealkylation sites (N-methyl/N-ethyl adjacent to an activating group) is 1. The normalized spacial score (nSPS) is 14.2. The number of nitrogens with zero attached hydrogens (tertiary/aromatic N) is 4. The summed E-state index contributed by atoms with van der Waals surface area (Å²) >= 11 is 0. The van der Waals surface area contributed by atoms with Crippen molar-refractivity contribution in [2.45, 2.75) is 0 Å². The van der Waals surface area contributed by atoms with Crippen molar-refractivity contribution in [2.24, 2.45) is 14.1 Å². The van der Waals surface area contributed by atoms with Gasteiger partial charge in [0, 0.05) is 31.8 Å². The van der Waals surface area contributed by atoms with Crippen molar-refractivity contribution in [2.75, 3.05) is 13.6 Å². The quantitative estimate of drug-likeness (QED) is 0.773. The summed E-state index contributed by atoms with van der Waals surface area (Å²) < 4.78 is 4.24. The van der Waals surface area contributed by atoms with Crippen LogP contribution >= 0.6 is 0 Å². The van der Waals surface area contributed by atoms with Gasteiger partial charge in [-0.2, -0.15) is 4.57 Å². The van der Waals surface area contributed by atoms with Crippen LogP contribution in [-0.2, 0) is 14.1 Å². The highest BCUT2D eigenvalue weighted by molar-refractivity contribution is 5.62.